The maximum atomic E-state index is 14.0. The van der Waals surface area contributed by atoms with Gasteiger partial charge in [0.1, 0.15) is 0 Å². The molecular weight excluding hydrogens is 240 g/mol. The number of halogens is 2. The molecule has 2 rings (SSSR count). The molecule has 100 valence electrons. The Bertz CT molecular complexity index is 373. The summed E-state index contributed by atoms with van der Waals surface area (Å²) in [5.41, 5.74) is 0.0250. The number of hydrogen-bond donors (Lipinski definition) is 1. The molecule has 1 saturated heterocycles. The van der Waals surface area contributed by atoms with Crippen LogP contribution in [0.25, 0.3) is 0 Å². The zero-order valence-corrected chi connectivity index (χ0v) is 10.1. The first-order chi connectivity index (χ1) is 8.62. The highest BCUT2D eigenvalue weighted by atomic mass is 19.3. The van der Waals surface area contributed by atoms with E-state index < -0.39 is 5.92 Å². The van der Waals surface area contributed by atoms with Crippen LogP contribution in [0.3, 0.4) is 0 Å². The van der Waals surface area contributed by atoms with Crippen LogP contribution in [0.15, 0.2) is 30.3 Å². The second kappa shape index (κ2) is 5.73. The zero-order chi connectivity index (χ0) is 13.0. The fraction of sp³-hybridized carbons (Fsp3) is 0.538. The zero-order valence-electron chi connectivity index (χ0n) is 10.1. The average molecular weight is 257 g/mol. The van der Waals surface area contributed by atoms with Crippen LogP contribution in [0, 0.1) is 0 Å². The van der Waals surface area contributed by atoms with Crippen LogP contribution < -0.4 is 0 Å². The van der Waals surface area contributed by atoms with Gasteiger partial charge in [0.2, 0.25) is 0 Å². The van der Waals surface area contributed by atoms with Crippen molar-refractivity contribution in [2.45, 2.75) is 12.0 Å². The first-order valence-corrected chi connectivity index (χ1v) is 6.00. The Morgan fingerprint density at radius 1 is 1.33 bits per heavy atom. The lowest BCUT2D eigenvalue weighted by molar-refractivity contribution is -0.0944. The first-order valence-electron chi connectivity index (χ1n) is 6.00. The van der Waals surface area contributed by atoms with Gasteiger partial charge >= 0.3 is 0 Å². The number of benzene rings is 1. The van der Waals surface area contributed by atoms with Crippen molar-refractivity contribution in [3.8, 4) is 0 Å². The van der Waals surface area contributed by atoms with Gasteiger partial charge in [0.25, 0.3) is 5.92 Å². The molecule has 1 aromatic carbocycles. The second-order valence-corrected chi connectivity index (χ2v) is 4.48. The Morgan fingerprint density at radius 3 is 2.72 bits per heavy atom. The molecule has 0 amide bonds. The fourth-order valence-electron chi connectivity index (χ4n) is 2.09. The minimum Gasteiger partial charge on any atom is -0.394 e. The minimum atomic E-state index is -2.88. The molecule has 0 aliphatic carbocycles. The minimum absolute atomic E-state index is 0.0250. The molecule has 18 heavy (non-hydrogen) atoms. The molecule has 0 aromatic heterocycles. The topological polar surface area (TPSA) is 32.7 Å². The summed E-state index contributed by atoms with van der Waals surface area (Å²) in [6.07, 6.45) is -0.356. The highest BCUT2D eigenvalue weighted by Crippen LogP contribution is 2.29. The van der Waals surface area contributed by atoms with Crippen LogP contribution in [0.4, 0.5) is 8.78 Å². The molecule has 1 fully saturated rings. The second-order valence-electron chi connectivity index (χ2n) is 4.48. The third-order valence-corrected chi connectivity index (χ3v) is 3.04. The van der Waals surface area contributed by atoms with Gasteiger partial charge in [-0.05, 0) is 0 Å². The lowest BCUT2D eigenvalue weighted by Crippen LogP contribution is -2.47. The highest BCUT2D eigenvalue weighted by Gasteiger charge is 2.35. The van der Waals surface area contributed by atoms with Gasteiger partial charge in [0.15, 0.2) is 0 Å². The summed E-state index contributed by atoms with van der Waals surface area (Å²) >= 11 is 0. The van der Waals surface area contributed by atoms with E-state index in [1.807, 2.05) is 0 Å². The van der Waals surface area contributed by atoms with Crippen LogP contribution >= 0.6 is 0 Å². The Hall–Kier alpha value is -1.04. The molecule has 1 unspecified atom stereocenters. The van der Waals surface area contributed by atoms with E-state index in [9.17, 15) is 8.78 Å². The SMILES string of the molecule is OCC1CN(CC(F)(F)c2ccccc2)CCO1. The van der Waals surface area contributed by atoms with Crippen molar-refractivity contribution in [3.05, 3.63) is 35.9 Å². The van der Waals surface area contributed by atoms with Gasteiger partial charge in [-0.1, -0.05) is 30.3 Å². The highest BCUT2D eigenvalue weighted by molar-refractivity contribution is 5.20. The van der Waals surface area contributed by atoms with E-state index in [2.05, 4.69) is 0 Å². The predicted molar refractivity (Wildman–Crippen MR) is 63.6 cm³/mol. The van der Waals surface area contributed by atoms with Crippen molar-refractivity contribution in [1.82, 2.24) is 4.90 Å². The van der Waals surface area contributed by atoms with E-state index in [4.69, 9.17) is 9.84 Å². The smallest absolute Gasteiger partial charge is 0.285 e. The summed E-state index contributed by atoms with van der Waals surface area (Å²) in [7, 11) is 0. The lowest BCUT2D eigenvalue weighted by atomic mass is 10.1. The van der Waals surface area contributed by atoms with Crippen LogP contribution in [-0.4, -0.2) is 49.0 Å². The number of ether oxygens (including phenoxy) is 1. The van der Waals surface area contributed by atoms with E-state index in [1.54, 1.807) is 23.1 Å². The largest absolute Gasteiger partial charge is 0.394 e. The number of rotatable bonds is 4. The van der Waals surface area contributed by atoms with Crippen molar-refractivity contribution in [1.29, 1.82) is 0 Å². The van der Waals surface area contributed by atoms with Gasteiger partial charge in [-0.3, -0.25) is 4.90 Å². The molecule has 0 bridgehead atoms. The van der Waals surface area contributed by atoms with Crippen molar-refractivity contribution < 1.29 is 18.6 Å². The van der Waals surface area contributed by atoms with E-state index >= 15 is 0 Å². The van der Waals surface area contributed by atoms with Gasteiger partial charge in [-0.25, -0.2) is 0 Å². The van der Waals surface area contributed by atoms with E-state index in [-0.39, 0.29) is 24.8 Å². The summed E-state index contributed by atoms with van der Waals surface area (Å²) in [6, 6.07) is 7.81. The van der Waals surface area contributed by atoms with E-state index in [0.29, 0.717) is 19.7 Å². The molecule has 1 aromatic rings. The molecule has 0 spiro atoms. The van der Waals surface area contributed by atoms with Gasteiger partial charge in [0.05, 0.1) is 25.9 Å². The average Bonchev–Trinajstić information content (AvgIpc) is 2.39. The summed E-state index contributed by atoms with van der Waals surface area (Å²) in [5, 5.41) is 8.98. The summed E-state index contributed by atoms with van der Waals surface area (Å²) in [6.45, 7) is 0.734. The van der Waals surface area contributed by atoms with Gasteiger partial charge < -0.3 is 9.84 Å². The van der Waals surface area contributed by atoms with Crippen LogP contribution in [0.2, 0.25) is 0 Å². The maximum absolute atomic E-state index is 14.0. The molecule has 0 saturated carbocycles. The van der Waals surface area contributed by atoms with E-state index in [0.717, 1.165) is 0 Å². The number of aliphatic hydroxyl groups excluding tert-OH is 1. The van der Waals surface area contributed by atoms with Crippen LogP contribution in [0.5, 0.6) is 0 Å². The predicted octanol–water partition coefficient (Wildman–Crippen LogP) is 1.47. The number of alkyl halides is 2. The molecule has 1 N–H and O–H groups in total. The number of hydrogen-bond acceptors (Lipinski definition) is 3. The molecule has 1 aliphatic rings. The first kappa shape index (κ1) is 13.4. The quantitative estimate of drug-likeness (QED) is 0.886. The Kier molecular flexibility index (Phi) is 4.27. The number of nitrogens with zero attached hydrogens (tertiary/aromatic N) is 1. The Morgan fingerprint density at radius 2 is 2.06 bits per heavy atom. The van der Waals surface area contributed by atoms with Crippen molar-refractivity contribution in [3.63, 3.8) is 0 Å². The third-order valence-electron chi connectivity index (χ3n) is 3.04. The monoisotopic (exact) mass is 257 g/mol. The standard InChI is InChI=1S/C13H17F2NO2/c14-13(15,11-4-2-1-3-5-11)10-16-6-7-18-12(8-16)9-17/h1-5,12,17H,6-10H2. The molecule has 1 heterocycles. The van der Waals surface area contributed by atoms with E-state index in [1.165, 1.54) is 12.1 Å². The van der Waals surface area contributed by atoms with Gasteiger partial charge in [0, 0.05) is 18.7 Å². The third kappa shape index (κ3) is 3.25. The molecule has 1 atom stereocenters. The molecule has 1 aliphatic heterocycles. The molecule has 0 radical (unpaired) electrons. The van der Waals surface area contributed by atoms with Gasteiger partial charge in [-0.15, -0.1) is 0 Å². The summed E-state index contributed by atoms with van der Waals surface area (Å²) in [4.78, 5) is 1.64. The van der Waals surface area contributed by atoms with Crippen LogP contribution in [0.1, 0.15) is 5.56 Å². The fourth-order valence-corrected chi connectivity index (χ4v) is 2.09. The lowest BCUT2D eigenvalue weighted by Gasteiger charge is -2.34. The Labute approximate surface area is 105 Å². The number of aliphatic hydroxyl groups is 1. The summed E-state index contributed by atoms with van der Waals surface area (Å²) in [5.74, 6) is -2.88. The molecule has 5 heteroatoms. The normalized spacial score (nSPS) is 22.1. The summed E-state index contributed by atoms with van der Waals surface area (Å²) < 4.78 is 33.3. The Balaban J connectivity index is 1.99. The van der Waals surface area contributed by atoms with Crippen molar-refractivity contribution >= 4 is 0 Å². The van der Waals surface area contributed by atoms with Crippen LogP contribution in [-0.2, 0) is 10.7 Å². The maximum Gasteiger partial charge on any atom is 0.285 e. The van der Waals surface area contributed by atoms with Crippen molar-refractivity contribution in [2.24, 2.45) is 0 Å². The molecular formula is C13H17F2NO2. The van der Waals surface area contributed by atoms with Crippen molar-refractivity contribution in [2.75, 3.05) is 32.8 Å². The van der Waals surface area contributed by atoms with Gasteiger partial charge in [-0.2, -0.15) is 8.78 Å². The molecule has 3 nitrogen and oxygen atoms in total. The number of morpholine rings is 1.